The van der Waals surface area contributed by atoms with Crippen molar-refractivity contribution in [3.05, 3.63) is 42.4 Å². The van der Waals surface area contributed by atoms with Crippen molar-refractivity contribution in [3.8, 4) is 0 Å². The number of hydrogen-bond donors (Lipinski definition) is 2. The molecular weight excluding hydrogens is 288 g/mol. The maximum absolute atomic E-state index is 12.3. The van der Waals surface area contributed by atoms with Crippen molar-refractivity contribution in [1.82, 2.24) is 14.9 Å². The number of sulfonamides is 1. The highest BCUT2D eigenvalue weighted by molar-refractivity contribution is 7.92. The predicted molar refractivity (Wildman–Crippen MR) is 82.5 cm³/mol. The van der Waals surface area contributed by atoms with Crippen LogP contribution in [0.15, 0.2) is 41.8 Å². The van der Waals surface area contributed by atoms with Crippen LogP contribution >= 0.6 is 0 Å². The molecule has 0 saturated heterocycles. The van der Waals surface area contributed by atoms with Crippen LogP contribution in [0.5, 0.6) is 0 Å². The normalized spacial score (nSPS) is 11.5. The average Bonchev–Trinajstić information content (AvgIpc) is 2.95. The van der Waals surface area contributed by atoms with Gasteiger partial charge in [0.15, 0.2) is 5.03 Å². The number of imidazole rings is 1. The summed E-state index contributed by atoms with van der Waals surface area (Å²) in [7, 11) is -3.64. The largest absolute Gasteiger partial charge is 0.336 e. The number of aromatic nitrogens is 2. The summed E-state index contributed by atoms with van der Waals surface area (Å²) in [5.41, 5.74) is 1.56. The molecule has 0 aliphatic heterocycles. The Morgan fingerprint density at radius 1 is 1.29 bits per heavy atom. The standard InChI is InChI=1S/C14H20N4O2S/c1-3-15-9-12-6-5-7-13(8-12)17-21(19,20)14-10-18(4-2)11-16-14/h5-8,10-11,15,17H,3-4,9H2,1-2H3. The van der Waals surface area contributed by atoms with E-state index in [2.05, 4.69) is 15.0 Å². The Balaban J connectivity index is 2.16. The van der Waals surface area contributed by atoms with Crippen LogP contribution in [0.25, 0.3) is 0 Å². The summed E-state index contributed by atoms with van der Waals surface area (Å²) in [5.74, 6) is 0. The zero-order valence-electron chi connectivity index (χ0n) is 12.2. The Morgan fingerprint density at radius 3 is 2.76 bits per heavy atom. The van der Waals surface area contributed by atoms with Gasteiger partial charge >= 0.3 is 0 Å². The first-order valence-corrected chi connectivity index (χ1v) is 8.37. The van der Waals surface area contributed by atoms with Crippen LogP contribution in [0.2, 0.25) is 0 Å². The van der Waals surface area contributed by atoms with Crippen LogP contribution < -0.4 is 10.0 Å². The lowest BCUT2D eigenvalue weighted by Gasteiger charge is -2.08. The second-order valence-corrected chi connectivity index (χ2v) is 6.26. The topological polar surface area (TPSA) is 76.0 Å². The van der Waals surface area contributed by atoms with Crippen LogP contribution in [-0.2, 0) is 23.1 Å². The molecule has 0 atom stereocenters. The molecule has 21 heavy (non-hydrogen) atoms. The first kappa shape index (κ1) is 15.5. The zero-order chi connectivity index (χ0) is 15.3. The van der Waals surface area contributed by atoms with E-state index in [1.807, 2.05) is 32.0 Å². The molecule has 0 unspecified atom stereocenters. The molecule has 0 amide bonds. The number of aryl methyl sites for hydroxylation is 1. The fourth-order valence-electron chi connectivity index (χ4n) is 1.87. The van der Waals surface area contributed by atoms with Crippen molar-refractivity contribution in [1.29, 1.82) is 0 Å². The van der Waals surface area contributed by atoms with Gasteiger partial charge in [-0.2, -0.15) is 8.42 Å². The molecule has 1 heterocycles. The molecule has 114 valence electrons. The van der Waals surface area contributed by atoms with Gasteiger partial charge in [-0.1, -0.05) is 19.1 Å². The number of hydrogen-bond acceptors (Lipinski definition) is 4. The van der Waals surface area contributed by atoms with Gasteiger partial charge in [-0.15, -0.1) is 0 Å². The van der Waals surface area contributed by atoms with Gasteiger partial charge in [0.05, 0.1) is 6.33 Å². The van der Waals surface area contributed by atoms with E-state index in [9.17, 15) is 8.42 Å². The predicted octanol–water partition coefficient (Wildman–Crippen LogP) is 1.81. The Bertz CT molecular complexity index is 695. The monoisotopic (exact) mass is 308 g/mol. The summed E-state index contributed by atoms with van der Waals surface area (Å²) >= 11 is 0. The van der Waals surface area contributed by atoms with E-state index in [4.69, 9.17) is 0 Å². The molecule has 7 heteroatoms. The van der Waals surface area contributed by atoms with Crippen molar-refractivity contribution in [2.24, 2.45) is 0 Å². The maximum atomic E-state index is 12.3. The van der Waals surface area contributed by atoms with Gasteiger partial charge in [0.25, 0.3) is 10.0 Å². The Hall–Kier alpha value is -1.86. The van der Waals surface area contributed by atoms with Gasteiger partial charge in [0.1, 0.15) is 0 Å². The molecule has 1 aromatic heterocycles. The smallest absolute Gasteiger partial charge is 0.280 e. The van der Waals surface area contributed by atoms with E-state index in [1.165, 1.54) is 12.5 Å². The van der Waals surface area contributed by atoms with Crippen molar-refractivity contribution in [2.45, 2.75) is 32.0 Å². The lowest BCUT2D eigenvalue weighted by molar-refractivity contribution is 0.598. The fraction of sp³-hybridized carbons (Fsp3) is 0.357. The molecule has 2 aromatic rings. The summed E-state index contributed by atoms with van der Waals surface area (Å²) in [6.07, 6.45) is 3.03. The van der Waals surface area contributed by atoms with E-state index >= 15 is 0 Å². The molecule has 1 aromatic carbocycles. The van der Waals surface area contributed by atoms with E-state index < -0.39 is 10.0 Å². The highest BCUT2D eigenvalue weighted by Gasteiger charge is 2.17. The molecule has 0 spiro atoms. The van der Waals surface area contributed by atoms with Gasteiger partial charge < -0.3 is 9.88 Å². The van der Waals surface area contributed by atoms with E-state index in [0.717, 1.165) is 12.1 Å². The number of benzene rings is 1. The lowest BCUT2D eigenvalue weighted by atomic mass is 10.2. The van der Waals surface area contributed by atoms with Gasteiger partial charge in [0, 0.05) is 25.0 Å². The molecule has 0 radical (unpaired) electrons. The second kappa shape index (κ2) is 6.73. The van der Waals surface area contributed by atoms with Crippen molar-refractivity contribution in [2.75, 3.05) is 11.3 Å². The second-order valence-electron chi connectivity index (χ2n) is 4.63. The van der Waals surface area contributed by atoms with Gasteiger partial charge in [-0.3, -0.25) is 4.72 Å². The van der Waals surface area contributed by atoms with Crippen LogP contribution in [0.4, 0.5) is 5.69 Å². The Kier molecular flexibility index (Phi) is 4.98. The lowest BCUT2D eigenvalue weighted by Crippen LogP contribution is -2.15. The first-order chi connectivity index (χ1) is 10.0. The van der Waals surface area contributed by atoms with Crippen LogP contribution in [-0.4, -0.2) is 24.5 Å². The minimum atomic E-state index is -3.64. The highest BCUT2D eigenvalue weighted by Crippen LogP contribution is 2.16. The third kappa shape index (κ3) is 4.05. The summed E-state index contributed by atoms with van der Waals surface area (Å²) < 4.78 is 28.8. The van der Waals surface area contributed by atoms with Crippen molar-refractivity contribution in [3.63, 3.8) is 0 Å². The zero-order valence-corrected chi connectivity index (χ0v) is 13.0. The third-order valence-corrected chi connectivity index (χ3v) is 4.27. The Morgan fingerprint density at radius 2 is 2.10 bits per heavy atom. The molecule has 0 aliphatic rings. The minimum Gasteiger partial charge on any atom is -0.336 e. The van der Waals surface area contributed by atoms with Crippen LogP contribution in [0, 0.1) is 0 Å². The first-order valence-electron chi connectivity index (χ1n) is 6.89. The van der Waals surface area contributed by atoms with Gasteiger partial charge in [-0.05, 0) is 31.2 Å². The van der Waals surface area contributed by atoms with E-state index in [1.54, 1.807) is 10.6 Å². The third-order valence-electron chi connectivity index (χ3n) is 3.01. The molecule has 2 N–H and O–H groups in total. The van der Waals surface area contributed by atoms with Crippen LogP contribution in [0.3, 0.4) is 0 Å². The molecule has 0 bridgehead atoms. The summed E-state index contributed by atoms with van der Waals surface area (Å²) in [6.45, 7) is 6.20. The summed E-state index contributed by atoms with van der Waals surface area (Å²) in [4.78, 5) is 3.93. The summed E-state index contributed by atoms with van der Waals surface area (Å²) in [6, 6.07) is 7.32. The number of anilines is 1. The fourth-order valence-corrected chi connectivity index (χ4v) is 2.87. The molecule has 0 aliphatic carbocycles. The SMILES string of the molecule is CCNCc1cccc(NS(=O)(=O)c2cn(CC)cn2)c1. The van der Waals surface area contributed by atoms with E-state index in [0.29, 0.717) is 18.8 Å². The quantitative estimate of drug-likeness (QED) is 0.818. The van der Waals surface area contributed by atoms with Crippen molar-refractivity contribution >= 4 is 15.7 Å². The van der Waals surface area contributed by atoms with Crippen molar-refractivity contribution < 1.29 is 8.42 Å². The van der Waals surface area contributed by atoms with Gasteiger partial charge in [-0.25, -0.2) is 4.98 Å². The number of rotatable bonds is 7. The highest BCUT2D eigenvalue weighted by atomic mass is 32.2. The molecular formula is C14H20N4O2S. The number of nitrogens with one attached hydrogen (secondary N) is 2. The Labute approximate surface area is 125 Å². The summed E-state index contributed by atoms with van der Waals surface area (Å²) in [5, 5.41) is 3.23. The molecule has 6 nitrogen and oxygen atoms in total. The maximum Gasteiger partial charge on any atom is 0.280 e. The number of nitrogens with zero attached hydrogens (tertiary/aromatic N) is 2. The van der Waals surface area contributed by atoms with Gasteiger partial charge in [0.2, 0.25) is 0 Å². The average molecular weight is 308 g/mol. The van der Waals surface area contributed by atoms with Crippen LogP contribution in [0.1, 0.15) is 19.4 Å². The molecule has 0 fully saturated rings. The molecule has 2 rings (SSSR count). The molecule has 0 saturated carbocycles. The van der Waals surface area contributed by atoms with E-state index in [-0.39, 0.29) is 5.03 Å². The minimum absolute atomic E-state index is 0.0291.